The van der Waals surface area contributed by atoms with E-state index in [-0.39, 0.29) is 11.3 Å². The molecule has 1 fully saturated rings. The van der Waals surface area contributed by atoms with Crippen LogP contribution < -0.4 is 5.48 Å². The Hall–Kier alpha value is -0.570. The summed E-state index contributed by atoms with van der Waals surface area (Å²) in [4.78, 5) is 16.6. The highest BCUT2D eigenvalue weighted by Gasteiger charge is 2.34. The Kier molecular flexibility index (Phi) is 3.72. The molecule has 0 aromatic carbocycles. The van der Waals surface area contributed by atoms with Crippen molar-refractivity contribution in [3.05, 3.63) is 0 Å². The molecule has 0 spiro atoms. The molecule has 0 saturated heterocycles. The number of rotatable bonds is 3. The Labute approximate surface area is 79.8 Å². The van der Waals surface area contributed by atoms with Gasteiger partial charge in [0.1, 0.15) is 0 Å². The Bertz CT molecular complexity index is 174. The van der Waals surface area contributed by atoms with E-state index >= 15 is 0 Å². The molecule has 0 aliphatic heterocycles. The van der Waals surface area contributed by atoms with E-state index in [4.69, 9.17) is 4.84 Å². The van der Waals surface area contributed by atoms with Crippen LogP contribution in [0.1, 0.15) is 46.0 Å². The van der Waals surface area contributed by atoms with Crippen molar-refractivity contribution < 1.29 is 9.63 Å². The lowest BCUT2D eigenvalue weighted by atomic mass is 9.75. The van der Waals surface area contributed by atoms with Crippen molar-refractivity contribution in [1.29, 1.82) is 0 Å². The number of hydrogen-bond acceptors (Lipinski definition) is 2. The Morgan fingerprint density at radius 2 is 2.00 bits per heavy atom. The first-order valence-corrected chi connectivity index (χ1v) is 5.11. The van der Waals surface area contributed by atoms with E-state index in [1.807, 2.05) is 13.8 Å². The lowest BCUT2D eigenvalue weighted by Crippen LogP contribution is -2.40. The maximum Gasteiger partial charge on any atom is 0.249 e. The van der Waals surface area contributed by atoms with Crippen LogP contribution in [0.2, 0.25) is 0 Å². The minimum absolute atomic E-state index is 0.0500. The fraction of sp³-hybridized carbons (Fsp3) is 0.900. The first-order chi connectivity index (χ1) is 6.19. The molecule has 1 N–H and O–H groups in total. The van der Waals surface area contributed by atoms with Gasteiger partial charge in [-0.15, -0.1) is 0 Å². The molecule has 1 amide bonds. The quantitative estimate of drug-likeness (QED) is 0.683. The van der Waals surface area contributed by atoms with Gasteiger partial charge in [-0.05, 0) is 19.8 Å². The third-order valence-corrected chi connectivity index (χ3v) is 2.81. The van der Waals surface area contributed by atoms with Crippen LogP contribution in [-0.4, -0.2) is 12.5 Å². The molecule has 0 unspecified atom stereocenters. The molecule has 1 rings (SSSR count). The topological polar surface area (TPSA) is 38.3 Å². The maximum atomic E-state index is 11.6. The largest absolute Gasteiger partial charge is 0.274 e. The van der Waals surface area contributed by atoms with E-state index in [9.17, 15) is 4.79 Å². The van der Waals surface area contributed by atoms with Crippen molar-refractivity contribution in [3.63, 3.8) is 0 Å². The molecule has 1 aliphatic carbocycles. The summed E-state index contributed by atoms with van der Waals surface area (Å²) in [5.74, 6) is 0.0500. The summed E-state index contributed by atoms with van der Waals surface area (Å²) in [6, 6.07) is 0. The van der Waals surface area contributed by atoms with Crippen molar-refractivity contribution >= 4 is 5.91 Å². The normalized spacial score (nSPS) is 21.1. The highest BCUT2D eigenvalue weighted by molar-refractivity contribution is 5.81. The Morgan fingerprint density at radius 3 is 2.54 bits per heavy atom. The zero-order chi connectivity index (χ0) is 9.73. The lowest BCUT2D eigenvalue weighted by molar-refractivity contribution is -0.144. The van der Waals surface area contributed by atoms with Crippen LogP contribution in [0.5, 0.6) is 0 Å². The molecular weight excluding hydrogens is 166 g/mol. The summed E-state index contributed by atoms with van der Waals surface area (Å²) in [5.41, 5.74) is 2.32. The predicted molar refractivity (Wildman–Crippen MR) is 51.0 cm³/mol. The molecular formula is C10H19NO2. The second kappa shape index (κ2) is 4.61. The van der Waals surface area contributed by atoms with Crippen LogP contribution >= 0.6 is 0 Å². The number of amides is 1. The van der Waals surface area contributed by atoms with Crippen molar-refractivity contribution in [2.24, 2.45) is 5.41 Å². The van der Waals surface area contributed by atoms with Crippen LogP contribution in [0.15, 0.2) is 0 Å². The van der Waals surface area contributed by atoms with Gasteiger partial charge in [0.2, 0.25) is 5.91 Å². The van der Waals surface area contributed by atoms with Crippen LogP contribution in [0, 0.1) is 5.41 Å². The standard InChI is InChI=1S/C10H19NO2/c1-3-13-11-9(12)10(2)7-5-4-6-8-10/h3-8H2,1-2H3,(H,11,12). The number of nitrogens with one attached hydrogen (secondary N) is 1. The van der Waals surface area contributed by atoms with Gasteiger partial charge >= 0.3 is 0 Å². The number of hydrogen-bond donors (Lipinski definition) is 1. The fourth-order valence-corrected chi connectivity index (χ4v) is 1.82. The third-order valence-electron chi connectivity index (χ3n) is 2.81. The van der Waals surface area contributed by atoms with E-state index in [0.29, 0.717) is 6.61 Å². The monoisotopic (exact) mass is 185 g/mol. The number of carbonyl (C=O) groups excluding carboxylic acids is 1. The summed E-state index contributed by atoms with van der Waals surface area (Å²) < 4.78 is 0. The molecule has 0 atom stereocenters. The smallest absolute Gasteiger partial charge is 0.249 e. The molecule has 76 valence electrons. The summed E-state index contributed by atoms with van der Waals surface area (Å²) >= 11 is 0. The second-order valence-electron chi connectivity index (χ2n) is 3.99. The molecule has 0 heterocycles. The van der Waals surface area contributed by atoms with Gasteiger partial charge in [-0.2, -0.15) is 0 Å². The van der Waals surface area contributed by atoms with Crippen LogP contribution in [0.25, 0.3) is 0 Å². The summed E-state index contributed by atoms with van der Waals surface area (Å²) in [6.45, 7) is 4.42. The second-order valence-corrected chi connectivity index (χ2v) is 3.99. The van der Waals surface area contributed by atoms with Gasteiger partial charge < -0.3 is 0 Å². The van der Waals surface area contributed by atoms with Crippen LogP contribution in [0.4, 0.5) is 0 Å². The van der Waals surface area contributed by atoms with Crippen LogP contribution in [0.3, 0.4) is 0 Å². The Morgan fingerprint density at radius 1 is 1.38 bits per heavy atom. The van der Waals surface area contributed by atoms with E-state index < -0.39 is 0 Å². The molecule has 1 aliphatic rings. The molecule has 0 radical (unpaired) electrons. The van der Waals surface area contributed by atoms with Crippen molar-refractivity contribution in [2.75, 3.05) is 6.61 Å². The lowest BCUT2D eigenvalue weighted by Gasteiger charge is -2.31. The molecule has 3 heteroatoms. The molecule has 13 heavy (non-hydrogen) atoms. The minimum Gasteiger partial charge on any atom is -0.274 e. The zero-order valence-electron chi connectivity index (χ0n) is 8.56. The van der Waals surface area contributed by atoms with E-state index in [1.165, 1.54) is 6.42 Å². The first kappa shape index (κ1) is 10.5. The molecule has 0 aromatic heterocycles. The van der Waals surface area contributed by atoms with Gasteiger partial charge in [-0.1, -0.05) is 26.2 Å². The number of hydroxylamine groups is 1. The highest BCUT2D eigenvalue weighted by atomic mass is 16.6. The molecule has 0 aromatic rings. The zero-order valence-corrected chi connectivity index (χ0v) is 8.56. The summed E-state index contributed by atoms with van der Waals surface area (Å²) in [5, 5.41) is 0. The SMILES string of the molecule is CCONC(=O)C1(C)CCCCC1. The highest BCUT2D eigenvalue weighted by Crippen LogP contribution is 2.35. The van der Waals surface area contributed by atoms with E-state index in [1.54, 1.807) is 0 Å². The van der Waals surface area contributed by atoms with Crippen molar-refractivity contribution in [3.8, 4) is 0 Å². The predicted octanol–water partition coefficient (Wildman–Crippen LogP) is 2.02. The van der Waals surface area contributed by atoms with Crippen molar-refractivity contribution in [2.45, 2.75) is 46.0 Å². The van der Waals surface area contributed by atoms with Gasteiger partial charge in [0.25, 0.3) is 0 Å². The van der Waals surface area contributed by atoms with Gasteiger partial charge in [0.15, 0.2) is 0 Å². The van der Waals surface area contributed by atoms with E-state index in [2.05, 4.69) is 5.48 Å². The van der Waals surface area contributed by atoms with Gasteiger partial charge in [-0.3, -0.25) is 9.63 Å². The van der Waals surface area contributed by atoms with Gasteiger partial charge in [-0.25, -0.2) is 5.48 Å². The average molecular weight is 185 g/mol. The van der Waals surface area contributed by atoms with Crippen LogP contribution in [-0.2, 0) is 9.63 Å². The molecule has 3 nitrogen and oxygen atoms in total. The average Bonchev–Trinajstić information content (AvgIpc) is 2.15. The van der Waals surface area contributed by atoms with Crippen molar-refractivity contribution in [1.82, 2.24) is 5.48 Å². The van der Waals surface area contributed by atoms with E-state index in [0.717, 1.165) is 25.7 Å². The first-order valence-electron chi connectivity index (χ1n) is 5.11. The molecule has 1 saturated carbocycles. The number of carbonyl (C=O) groups is 1. The third kappa shape index (κ3) is 2.69. The maximum absolute atomic E-state index is 11.6. The minimum atomic E-state index is -0.187. The fourth-order valence-electron chi connectivity index (χ4n) is 1.82. The van der Waals surface area contributed by atoms with Gasteiger partial charge in [0, 0.05) is 5.41 Å². The summed E-state index contributed by atoms with van der Waals surface area (Å²) in [6.07, 6.45) is 5.57. The molecule has 0 bridgehead atoms. The summed E-state index contributed by atoms with van der Waals surface area (Å²) in [7, 11) is 0. The Balaban J connectivity index is 2.42. The van der Waals surface area contributed by atoms with Gasteiger partial charge in [0.05, 0.1) is 6.61 Å².